The first-order valence-electron chi connectivity index (χ1n) is 8.11. The third-order valence-corrected chi connectivity index (χ3v) is 4.01. The number of carbonyl (C=O) groups is 1. The van der Waals surface area contributed by atoms with Crippen LogP contribution in [0.25, 0.3) is 11.3 Å². The molecule has 0 saturated carbocycles. The summed E-state index contributed by atoms with van der Waals surface area (Å²) in [4.78, 5) is 15.2. The minimum atomic E-state index is -0.541. The first-order chi connectivity index (χ1) is 12.5. The van der Waals surface area contributed by atoms with Crippen molar-refractivity contribution in [2.75, 3.05) is 11.9 Å². The van der Waals surface area contributed by atoms with Crippen molar-refractivity contribution in [1.82, 2.24) is 15.2 Å². The van der Waals surface area contributed by atoms with Crippen LogP contribution in [0.15, 0.2) is 54.9 Å². The van der Waals surface area contributed by atoms with Gasteiger partial charge in [0.1, 0.15) is 11.6 Å². The van der Waals surface area contributed by atoms with E-state index in [9.17, 15) is 9.18 Å². The molecule has 0 radical (unpaired) electrons. The van der Waals surface area contributed by atoms with Gasteiger partial charge in [-0.15, -0.1) is 10.2 Å². The topological polar surface area (TPSA) is 93.8 Å². The van der Waals surface area contributed by atoms with E-state index in [0.29, 0.717) is 29.2 Å². The number of nitrogens with one attached hydrogen (secondary N) is 1. The summed E-state index contributed by atoms with van der Waals surface area (Å²) in [6, 6.07) is 11.7. The van der Waals surface area contributed by atoms with Gasteiger partial charge >= 0.3 is 0 Å². The highest BCUT2D eigenvalue weighted by molar-refractivity contribution is 5.93. The van der Waals surface area contributed by atoms with Crippen LogP contribution < -0.4 is 11.1 Å². The fraction of sp³-hybridized carbons (Fsp3) is 0.158. The summed E-state index contributed by atoms with van der Waals surface area (Å²) < 4.78 is 13.0. The summed E-state index contributed by atoms with van der Waals surface area (Å²) in [6.45, 7) is 2.68. The van der Waals surface area contributed by atoms with Gasteiger partial charge in [-0.3, -0.25) is 9.78 Å². The SMILES string of the molecule is CC(CNc1ccc(-c2cncc(C(N)=O)c2)nn1)c1ccc(F)cc1. The smallest absolute Gasteiger partial charge is 0.250 e. The normalized spacial score (nSPS) is 11.8. The molecule has 2 heterocycles. The minimum Gasteiger partial charge on any atom is -0.368 e. The van der Waals surface area contributed by atoms with Gasteiger partial charge in [-0.25, -0.2) is 4.39 Å². The molecule has 0 aliphatic carbocycles. The summed E-state index contributed by atoms with van der Waals surface area (Å²) in [7, 11) is 0. The number of nitrogens with two attached hydrogens (primary N) is 1. The highest BCUT2D eigenvalue weighted by Gasteiger charge is 2.08. The van der Waals surface area contributed by atoms with Gasteiger partial charge in [0.25, 0.3) is 0 Å². The number of carbonyl (C=O) groups excluding carboxylic acids is 1. The standard InChI is InChI=1S/C19H18FN5O/c1-12(13-2-4-16(20)5-3-13)9-23-18-7-6-17(24-25-18)14-8-15(19(21)26)11-22-10-14/h2-8,10-12H,9H2,1H3,(H2,21,26)(H,23,25). The Morgan fingerprint density at radius 2 is 1.92 bits per heavy atom. The molecule has 7 heteroatoms. The maximum Gasteiger partial charge on any atom is 0.250 e. The Kier molecular flexibility index (Phi) is 5.17. The van der Waals surface area contributed by atoms with E-state index in [2.05, 4.69) is 20.5 Å². The first-order valence-corrected chi connectivity index (χ1v) is 8.11. The van der Waals surface area contributed by atoms with Crippen LogP contribution in [-0.4, -0.2) is 27.6 Å². The highest BCUT2D eigenvalue weighted by Crippen LogP contribution is 2.19. The molecule has 1 unspecified atom stereocenters. The molecule has 1 amide bonds. The lowest BCUT2D eigenvalue weighted by Gasteiger charge is -2.13. The molecule has 3 aromatic rings. The fourth-order valence-electron chi connectivity index (χ4n) is 2.46. The van der Waals surface area contributed by atoms with Crippen LogP contribution in [0.3, 0.4) is 0 Å². The molecular formula is C19H18FN5O. The molecule has 0 aliphatic rings. The second kappa shape index (κ2) is 7.69. The molecule has 6 nitrogen and oxygen atoms in total. The van der Waals surface area contributed by atoms with Crippen molar-refractivity contribution in [3.63, 3.8) is 0 Å². The van der Waals surface area contributed by atoms with Crippen LogP contribution in [0, 0.1) is 5.82 Å². The van der Waals surface area contributed by atoms with E-state index in [4.69, 9.17) is 5.73 Å². The molecule has 0 aliphatic heterocycles. The zero-order valence-corrected chi connectivity index (χ0v) is 14.2. The van der Waals surface area contributed by atoms with E-state index in [1.807, 2.05) is 6.92 Å². The zero-order chi connectivity index (χ0) is 18.5. The van der Waals surface area contributed by atoms with Crippen LogP contribution in [0.4, 0.5) is 10.2 Å². The Hall–Kier alpha value is -3.35. The predicted octanol–water partition coefficient (Wildman–Crippen LogP) is 2.99. The molecule has 132 valence electrons. The Morgan fingerprint density at radius 1 is 1.15 bits per heavy atom. The molecule has 1 aromatic carbocycles. The summed E-state index contributed by atoms with van der Waals surface area (Å²) in [6.07, 6.45) is 3.01. The van der Waals surface area contributed by atoms with Crippen molar-refractivity contribution < 1.29 is 9.18 Å². The Morgan fingerprint density at radius 3 is 2.58 bits per heavy atom. The number of aromatic nitrogens is 3. The molecular weight excluding hydrogens is 333 g/mol. The van der Waals surface area contributed by atoms with Crippen LogP contribution in [0.1, 0.15) is 28.8 Å². The van der Waals surface area contributed by atoms with E-state index in [1.165, 1.54) is 18.3 Å². The van der Waals surface area contributed by atoms with Gasteiger partial charge in [-0.2, -0.15) is 0 Å². The van der Waals surface area contributed by atoms with E-state index in [0.717, 1.165) is 5.56 Å². The molecule has 0 fully saturated rings. The predicted molar refractivity (Wildman–Crippen MR) is 97.1 cm³/mol. The third-order valence-electron chi connectivity index (χ3n) is 4.01. The lowest BCUT2D eigenvalue weighted by atomic mass is 10.0. The maximum absolute atomic E-state index is 13.0. The maximum atomic E-state index is 13.0. The number of pyridine rings is 1. The Bertz CT molecular complexity index is 897. The summed E-state index contributed by atoms with van der Waals surface area (Å²) >= 11 is 0. The van der Waals surface area contributed by atoms with Gasteiger partial charge in [0.15, 0.2) is 0 Å². The number of nitrogens with zero attached hydrogens (tertiary/aromatic N) is 3. The summed E-state index contributed by atoms with van der Waals surface area (Å²) in [5.74, 6) is 0.0286. The number of halogens is 1. The number of anilines is 1. The van der Waals surface area contributed by atoms with Gasteiger partial charge < -0.3 is 11.1 Å². The molecule has 0 saturated heterocycles. The van der Waals surface area contributed by atoms with Crippen molar-refractivity contribution in [1.29, 1.82) is 0 Å². The number of hydrogen-bond donors (Lipinski definition) is 2. The lowest BCUT2D eigenvalue weighted by molar-refractivity contribution is 0.1000. The molecule has 3 N–H and O–H groups in total. The van der Waals surface area contributed by atoms with Gasteiger partial charge in [-0.1, -0.05) is 19.1 Å². The first kappa shape index (κ1) is 17.5. The van der Waals surface area contributed by atoms with Gasteiger partial charge in [0.05, 0.1) is 11.3 Å². The fourth-order valence-corrected chi connectivity index (χ4v) is 2.46. The molecule has 2 aromatic heterocycles. The molecule has 1 atom stereocenters. The van der Waals surface area contributed by atoms with E-state index in [1.54, 1.807) is 36.5 Å². The molecule has 3 rings (SSSR count). The van der Waals surface area contributed by atoms with Crippen molar-refractivity contribution in [3.8, 4) is 11.3 Å². The van der Waals surface area contributed by atoms with Crippen molar-refractivity contribution >= 4 is 11.7 Å². The lowest BCUT2D eigenvalue weighted by Crippen LogP contribution is -2.12. The van der Waals surface area contributed by atoms with Crippen molar-refractivity contribution in [2.24, 2.45) is 5.73 Å². The second-order valence-electron chi connectivity index (χ2n) is 5.96. The van der Waals surface area contributed by atoms with Crippen molar-refractivity contribution in [3.05, 3.63) is 71.8 Å². The summed E-state index contributed by atoms with van der Waals surface area (Å²) in [5.41, 5.74) is 7.88. The zero-order valence-electron chi connectivity index (χ0n) is 14.2. The highest BCUT2D eigenvalue weighted by atomic mass is 19.1. The van der Waals surface area contributed by atoms with Crippen molar-refractivity contribution in [2.45, 2.75) is 12.8 Å². The average molecular weight is 351 g/mol. The quantitative estimate of drug-likeness (QED) is 0.712. The monoisotopic (exact) mass is 351 g/mol. The molecule has 0 bridgehead atoms. The van der Waals surface area contributed by atoms with Crippen LogP contribution in [0.2, 0.25) is 0 Å². The third kappa shape index (κ3) is 4.18. The average Bonchev–Trinajstić information content (AvgIpc) is 2.67. The van der Waals surface area contributed by atoms with Gasteiger partial charge in [0, 0.05) is 24.5 Å². The Labute approximate surface area is 150 Å². The molecule has 0 spiro atoms. The number of rotatable bonds is 6. The largest absolute Gasteiger partial charge is 0.368 e. The van der Waals surface area contributed by atoms with Gasteiger partial charge in [-0.05, 0) is 41.8 Å². The number of benzene rings is 1. The van der Waals surface area contributed by atoms with Crippen LogP contribution in [0.5, 0.6) is 0 Å². The second-order valence-corrected chi connectivity index (χ2v) is 5.96. The van der Waals surface area contributed by atoms with E-state index >= 15 is 0 Å². The van der Waals surface area contributed by atoms with Crippen LogP contribution in [-0.2, 0) is 0 Å². The van der Waals surface area contributed by atoms with Gasteiger partial charge in [0.2, 0.25) is 5.91 Å². The summed E-state index contributed by atoms with van der Waals surface area (Å²) in [5, 5.41) is 11.5. The number of primary amides is 1. The van der Waals surface area contributed by atoms with E-state index < -0.39 is 5.91 Å². The van der Waals surface area contributed by atoms with E-state index in [-0.39, 0.29) is 11.7 Å². The number of hydrogen-bond acceptors (Lipinski definition) is 5. The Balaban J connectivity index is 1.65. The van der Waals surface area contributed by atoms with Crippen LogP contribution >= 0.6 is 0 Å². The molecule has 26 heavy (non-hydrogen) atoms. The number of amides is 1. The minimum absolute atomic E-state index is 0.188.